The maximum Gasteiger partial charge on any atom is 0.164 e. The number of fused-ring (bicyclic) bond motifs is 3. The molecule has 5 heteroatoms. The Kier molecular flexibility index (Phi) is 12.7. The van der Waals surface area contributed by atoms with E-state index < -0.39 is 0 Å². The van der Waals surface area contributed by atoms with Gasteiger partial charge in [-0.25, -0.2) is 4.98 Å². The molecule has 44 heavy (non-hydrogen) atoms. The number of carbonyl (C=O) groups is 1. The van der Waals surface area contributed by atoms with E-state index in [-0.39, 0.29) is 47.9 Å². The molecule has 1 heterocycles. The maximum absolute atomic E-state index is 12.2. The van der Waals surface area contributed by atoms with Gasteiger partial charge in [-0.2, -0.15) is 0 Å². The Morgan fingerprint density at radius 2 is 1.48 bits per heavy atom. The number of aliphatic hydroxyl groups excluding tert-OH is 1. The van der Waals surface area contributed by atoms with E-state index >= 15 is 0 Å². The Labute approximate surface area is 279 Å². The van der Waals surface area contributed by atoms with Crippen LogP contribution in [0.1, 0.15) is 105 Å². The third kappa shape index (κ3) is 8.03. The van der Waals surface area contributed by atoms with Crippen molar-refractivity contribution >= 4 is 27.5 Å². The molecule has 0 aliphatic heterocycles. The Morgan fingerprint density at radius 3 is 2.00 bits per heavy atom. The van der Waals surface area contributed by atoms with Crippen molar-refractivity contribution in [1.29, 1.82) is 0 Å². The zero-order valence-electron chi connectivity index (χ0n) is 28.6. The fraction of sp³-hybridized carbons (Fsp3) is 0.462. The van der Waals surface area contributed by atoms with Crippen molar-refractivity contribution in [2.75, 3.05) is 0 Å². The van der Waals surface area contributed by atoms with E-state index in [1.807, 2.05) is 66.7 Å². The number of carbonyl (C=O) groups excluding carboxylic acids is 1. The van der Waals surface area contributed by atoms with Gasteiger partial charge in [0, 0.05) is 42.4 Å². The third-order valence-electron chi connectivity index (χ3n) is 9.52. The van der Waals surface area contributed by atoms with Crippen LogP contribution in [-0.2, 0) is 30.3 Å². The van der Waals surface area contributed by atoms with Gasteiger partial charge in [-0.1, -0.05) is 86.6 Å². The van der Waals surface area contributed by atoms with E-state index in [4.69, 9.17) is 9.97 Å². The molecule has 0 fully saturated rings. The predicted molar refractivity (Wildman–Crippen MR) is 183 cm³/mol. The number of hydrogen-bond donors (Lipinski definition) is 1. The van der Waals surface area contributed by atoms with Crippen molar-refractivity contribution in [2.45, 2.75) is 107 Å². The zero-order chi connectivity index (χ0) is 32.2. The van der Waals surface area contributed by atoms with E-state index in [2.05, 4.69) is 64.1 Å². The molecule has 0 saturated carbocycles. The fourth-order valence-electron chi connectivity index (χ4n) is 5.23. The van der Waals surface area contributed by atoms with Crippen molar-refractivity contribution in [3.63, 3.8) is 0 Å². The second kappa shape index (κ2) is 14.9. The quantitative estimate of drug-likeness (QED) is 0.0839. The molecule has 0 saturated heterocycles. The fourth-order valence-corrected chi connectivity index (χ4v) is 5.23. The van der Waals surface area contributed by atoms with E-state index in [0.717, 1.165) is 53.7 Å². The molecule has 0 atom stereocenters. The van der Waals surface area contributed by atoms with Gasteiger partial charge < -0.3 is 5.11 Å². The van der Waals surface area contributed by atoms with Crippen LogP contribution < -0.4 is 0 Å². The number of aliphatic hydroxyl groups is 1. The standard InChI is InChI=1S/C24H23N2.C15H28O2.Ir/c1-15-13-19(24(3,4)5)14-18-11-12-20-22(17-9-7-6-8-10-17)25-16(2)26-23(20)21(15)18;1-7-14(5,8-2)12(16)11-13(17)15(6,9-3)10-4;/h6-9,11-14H,1-5H3;11,16H,7-10H2,1-6H3;/q-1;;/b;12-11-;. The first-order valence-electron chi connectivity index (χ1n) is 15.8. The minimum absolute atomic E-state index is 0. The van der Waals surface area contributed by atoms with Crippen LogP contribution in [0.25, 0.3) is 32.9 Å². The first-order chi connectivity index (χ1) is 20.1. The summed E-state index contributed by atoms with van der Waals surface area (Å²) >= 11 is 0. The SMILES string of the molecule is CCC(C)(CC)C(=O)/C=C(\O)C(C)(CC)CC.Cc1nc(-c2[c-]cccc2)c2ccc3cc(C(C)(C)C)cc(C)c3c2n1.[Ir]. The van der Waals surface area contributed by atoms with Gasteiger partial charge >= 0.3 is 0 Å². The maximum atomic E-state index is 12.2. The molecule has 3 aromatic carbocycles. The van der Waals surface area contributed by atoms with Gasteiger partial charge in [0.1, 0.15) is 11.6 Å². The summed E-state index contributed by atoms with van der Waals surface area (Å²) in [5.41, 5.74) is 5.12. The Balaban J connectivity index is 0.000000331. The van der Waals surface area contributed by atoms with Crippen molar-refractivity contribution in [3.05, 3.63) is 83.4 Å². The number of benzene rings is 3. The molecular formula is C39H51IrN2O2-. The number of aryl methyl sites for hydroxylation is 2. The Morgan fingerprint density at radius 1 is 0.864 bits per heavy atom. The minimum Gasteiger partial charge on any atom is -0.512 e. The van der Waals surface area contributed by atoms with Crippen molar-refractivity contribution in [1.82, 2.24) is 9.97 Å². The number of rotatable bonds is 8. The zero-order valence-corrected chi connectivity index (χ0v) is 31.0. The predicted octanol–water partition coefficient (Wildman–Crippen LogP) is 10.8. The van der Waals surface area contributed by atoms with Crippen molar-refractivity contribution in [3.8, 4) is 11.3 Å². The van der Waals surface area contributed by atoms with E-state index in [0.29, 0.717) is 0 Å². The van der Waals surface area contributed by atoms with Gasteiger partial charge in [0.2, 0.25) is 0 Å². The second-order valence-electron chi connectivity index (χ2n) is 13.4. The summed E-state index contributed by atoms with van der Waals surface area (Å²) in [6, 6.07) is 20.2. The number of aromatic nitrogens is 2. The minimum atomic E-state index is -0.337. The molecule has 1 aromatic heterocycles. The molecule has 1 radical (unpaired) electrons. The largest absolute Gasteiger partial charge is 0.512 e. The molecule has 4 aromatic rings. The number of allylic oxidation sites excluding steroid dienone is 2. The first-order valence-corrected chi connectivity index (χ1v) is 15.8. The molecule has 0 amide bonds. The molecule has 0 bridgehead atoms. The number of hydrogen-bond acceptors (Lipinski definition) is 4. The van der Waals surface area contributed by atoms with Crippen LogP contribution in [0.5, 0.6) is 0 Å². The Hall–Kier alpha value is -2.88. The summed E-state index contributed by atoms with van der Waals surface area (Å²) in [5, 5.41) is 13.7. The van der Waals surface area contributed by atoms with Crippen LogP contribution in [-0.4, -0.2) is 20.9 Å². The van der Waals surface area contributed by atoms with Crippen LogP contribution in [0.3, 0.4) is 0 Å². The molecule has 0 aliphatic carbocycles. The number of ketones is 1. The Bertz CT molecular complexity index is 1610. The van der Waals surface area contributed by atoms with Gasteiger partial charge in [-0.15, -0.1) is 35.9 Å². The van der Waals surface area contributed by atoms with Crippen LogP contribution in [0, 0.1) is 30.7 Å². The van der Waals surface area contributed by atoms with Crippen LogP contribution in [0.2, 0.25) is 0 Å². The summed E-state index contributed by atoms with van der Waals surface area (Å²) in [6.45, 7) is 23.0. The monoisotopic (exact) mass is 772 g/mol. The molecule has 4 rings (SSSR count). The van der Waals surface area contributed by atoms with Crippen LogP contribution in [0.15, 0.2) is 60.4 Å². The topological polar surface area (TPSA) is 63.1 Å². The average Bonchev–Trinajstić information content (AvgIpc) is 2.99. The van der Waals surface area contributed by atoms with Gasteiger partial charge in [0.05, 0.1) is 5.52 Å². The molecule has 0 spiro atoms. The molecule has 4 nitrogen and oxygen atoms in total. The van der Waals surface area contributed by atoms with Gasteiger partial charge in [0.15, 0.2) is 5.78 Å². The van der Waals surface area contributed by atoms with E-state index in [9.17, 15) is 9.90 Å². The van der Waals surface area contributed by atoms with Crippen LogP contribution in [0.4, 0.5) is 0 Å². The second-order valence-corrected chi connectivity index (χ2v) is 13.4. The normalized spacial score (nSPS) is 12.5. The average molecular weight is 772 g/mol. The summed E-state index contributed by atoms with van der Waals surface area (Å²) < 4.78 is 0. The van der Waals surface area contributed by atoms with Gasteiger partial charge in [0.25, 0.3) is 0 Å². The van der Waals surface area contributed by atoms with Crippen LogP contribution >= 0.6 is 0 Å². The summed E-state index contributed by atoms with van der Waals surface area (Å²) in [5.74, 6) is 1.07. The van der Waals surface area contributed by atoms with Crippen molar-refractivity contribution < 1.29 is 30.0 Å². The smallest absolute Gasteiger partial charge is 0.164 e. The first kappa shape index (κ1) is 37.3. The van der Waals surface area contributed by atoms with Gasteiger partial charge in [-0.3, -0.25) is 9.78 Å². The summed E-state index contributed by atoms with van der Waals surface area (Å²) in [4.78, 5) is 21.7. The number of nitrogens with zero attached hydrogens (tertiary/aromatic N) is 2. The van der Waals surface area contributed by atoms with E-state index in [1.165, 1.54) is 28.0 Å². The van der Waals surface area contributed by atoms with E-state index in [1.54, 1.807) is 0 Å². The molecular weight excluding hydrogens is 721 g/mol. The van der Waals surface area contributed by atoms with Crippen molar-refractivity contribution in [2.24, 2.45) is 10.8 Å². The molecule has 1 N–H and O–H groups in total. The summed E-state index contributed by atoms with van der Waals surface area (Å²) in [6.07, 6.45) is 4.75. The van der Waals surface area contributed by atoms with Gasteiger partial charge in [-0.05, 0) is 72.5 Å². The molecule has 0 unspecified atom stereocenters. The summed E-state index contributed by atoms with van der Waals surface area (Å²) in [7, 11) is 0. The third-order valence-corrected chi connectivity index (χ3v) is 9.52. The molecule has 239 valence electrons. The molecule has 0 aliphatic rings.